The molecule has 0 unspecified atom stereocenters. The number of rotatable bonds is 3. The molecule has 0 bridgehead atoms. The molecule has 2 rings (SSSR count). The maximum Gasteiger partial charge on any atom is 0.417 e. The van der Waals surface area contributed by atoms with Crippen LogP contribution < -0.4 is 5.32 Å². The van der Waals surface area contributed by atoms with Crippen LogP contribution in [0.1, 0.15) is 18.4 Å². The number of hydrogen-bond donors (Lipinski definition) is 1. The summed E-state index contributed by atoms with van der Waals surface area (Å²) in [5.74, 6) is -0.669. The predicted octanol–water partition coefficient (Wildman–Crippen LogP) is 2.92. The molecule has 1 N–H and O–H groups in total. The Kier molecular flexibility index (Phi) is 4.41. The first-order valence-electron chi connectivity index (χ1n) is 6.22. The Bertz CT molecular complexity index is 575. The summed E-state index contributed by atoms with van der Waals surface area (Å²) in [4.78, 5) is 24.5. The van der Waals surface area contributed by atoms with Crippen molar-refractivity contribution in [2.24, 2.45) is 0 Å². The number of hydrogen-bond acceptors (Lipinski definition) is 2. The van der Waals surface area contributed by atoms with Crippen LogP contribution in [0.4, 0.5) is 18.9 Å². The fourth-order valence-electron chi connectivity index (χ4n) is 2.07. The number of nitrogens with one attached hydrogen (secondary N) is 1. The van der Waals surface area contributed by atoms with Gasteiger partial charge in [-0.05, 0) is 24.6 Å². The average Bonchev–Trinajstić information content (AvgIpc) is 2.76. The molecule has 0 saturated carbocycles. The van der Waals surface area contributed by atoms with E-state index in [4.69, 9.17) is 11.6 Å². The second-order valence-corrected chi connectivity index (χ2v) is 5.07. The SMILES string of the molecule is O=C(CN1CCCC1=O)Nc1ccc(Cl)c(C(F)(F)F)c1. The van der Waals surface area contributed by atoms with Gasteiger partial charge in [0.05, 0.1) is 17.1 Å². The lowest BCUT2D eigenvalue weighted by atomic mass is 10.2. The van der Waals surface area contributed by atoms with E-state index in [1.807, 2.05) is 0 Å². The first kappa shape index (κ1) is 15.6. The highest BCUT2D eigenvalue weighted by Crippen LogP contribution is 2.36. The Hall–Kier alpha value is -1.76. The number of carbonyl (C=O) groups excluding carboxylic acids is 2. The third kappa shape index (κ3) is 3.87. The molecule has 114 valence electrons. The highest BCUT2D eigenvalue weighted by Gasteiger charge is 2.33. The Balaban J connectivity index is 2.06. The Morgan fingerprint density at radius 3 is 2.67 bits per heavy atom. The van der Waals surface area contributed by atoms with Gasteiger partial charge in [0.1, 0.15) is 0 Å². The normalized spacial score (nSPS) is 15.4. The van der Waals surface area contributed by atoms with E-state index in [-0.39, 0.29) is 18.1 Å². The van der Waals surface area contributed by atoms with Gasteiger partial charge in [-0.15, -0.1) is 0 Å². The van der Waals surface area contributed by atoms with Crippen molar-refractivity contribution in [3.8, 4) is 0 Å². The van der Waals surface area contributed by atoms with Gasteiger partial charge in [0.2, 0.25) is 11.8 Å². The summed E-state index contributed by atoms with van der Waals surface area (Å²) >= 11 is 5.49. The van der Waals surface area contributed by atoms with Crippen molar-refractivity contribution in [2.75, 3.05) is 18.4 Å². The first-order chi connectivity index (χ1) is 9.77. The van der Waals surface area contributed by atoms with Crippen LogP contribution in [0.5, 0.6) is 0 Å². The van der Waals surface area contributed by atoms with E-state index >= 15 is 0 Å². The molecule has 2 amide bonds. The highest BCUT2D eigenvalue weighted by atomic mass is 35.5. The number of anilines is 1. The lowest BCUT2D eigenvalue weighted by Crippen LogP contribution is -2.34. The molecule has 0 aliphatic carbocycles. The number of amides is 2. The number of nitrogens with zero attached hydrogens (tertiary/aromatic N) is 1. The Labute approximate surface area is 123 Å². The van der Waals surface area contributed by atoms with E-state index in [0.717, 1.165) is 12.1 Å². The zero-order valence-corrected chi connectivity index (χ0v) is 11.6. The van der Waals surface area contributed by atoms with E-state index in [2.05, 4.69) is 5.32 Å². The van der Waals surface area contributed by atoms with Crippen LogP contribution in [-0.2, 0) is 15.8 Å². The van der Waals surface area contributed by atoms with Crippen molar-refractivity contribution in [1.29, 1.82) is 0 Å². The van der Waals surface area contributed by atoms with Crippen LogP contribution in [-0.4, -0.2) is 29.8 Å². The van der Waals surface area contributed by atoms with Crippen molar-refractivity contribution >= 4 is 29.1 Å². The van der Waals surface area contributed by atoms with Crippen LogP contribution in [0.15, 0.2) is 18.2 Å². The fourth-order valence-corrected chi connectivity index (χ4v) is 2.29. The van der Waals surface area contributed by atoms with E-state index in [1.165, 1.54) is 11.0 Å². The van der Waals surface area contributed by atoms with Crippen LogP contribution in [0.2, 0.25) is 5.02 Å². The van der Waals surface area contributed by atoms with Gasteiger partial charge in [-0.3, -0.25) is 9.59 Å². The summed E-state index contributed by atoms with van der Waals surface area (Å²) in [5.41, 5.74) is -1.03. The van der Waals surface area contributed by atoms with E-state index in [0.29, 0.717) is 19.4 Å². The molecule has 0 spiro atoms. The molecule has 1 saturated heterocycles. The molecule has 1 aromatic rings. The predicted molar refractivity (Wildman–Crippen MR) is 70.9 cm³/mol. The second kappa shape index (κ2) is 5.93. The topological polar surface area (TPSA) is 49.4 Å². The van der Waals surface area contributed by atoms with Crippen molar-refractivity contribution in [3.05, 3.63) is 28.8 Å². The minimum absolute atomic E-state index is 0.0108. The molecule has 0 radical (unpaired) electrons. The minimum Gasteiger partial charge on any atom is -0.333 e. The summed E-state index contributed by atoms with van der Waals surface area (Å²) in [5, 5.41) is 1.90. The maximum atomic E-state index is 12.7. The minimum atomic E-state index is -4.59. The molecular weight excluding hydrogens is 309 g/mol. The van der Waals surface area contributed by atoms with Gasteiger partial charge in [-0.2, -0.15) is 13.2 Å². The molecule has 4 nitrogen and oxygen atoms in total. The molecule has 1 aromatic carbocycles. The molecule has 8 heteroatoms. The third-order valence-corrected chi connectivity index (χ3v) is 3.39. The third-order valence-electron chi connectivity index (χ3n) is 3.06. The lowest BCUT2D eigenvalue weighted by molar-refractivity contribution is -0.137. The van der Waals surface area contributed by atoms with Crippen molar-refractivity contribution in [1.82, 2.24) is 4.90 Å². The molecule has 0 atom stereocenters. The van der Waals surface area contributed by atoms with E-state index < -0.39 is 22.7 Å². The molecule has 21 heavy (non-hydrogen) atoms. The summed E-state index contributed by atoms with van der Waals surface area (Å²) in [6.45, 7) is 0.323. The molecule has 1 aliphatic heterocycles. The average molecular weight is 321 g/mol. The lowest BCUT2D eigenvalue weighted by Gasteiger charge is -2.16. The summed E-state index contributed by atoms with van der Waals surface area (Å²) in [7, 11) is 0. The van der Waals surface area contributed by atoms with Crippen molar-refractivity contribution in [3.63, 3.8) is 0 Å². The number of alkyl halides is 3. The quantitative estimate of drug-likeness (QED) is 0.931. The molecule has 1 fully saturated rings. The number of carbonyl (C=O) groups is 2. The monoisotopic (exact) mass is 320 g/mol. The van der Waals surface area contributed by atoms with Crippen LogP contribution in [0, 0.1) is 0 Å². The van der Waals surface area contributed by atoms with Gasteiger partial charge in [-0.25, -0.2) is 0 Å². The van der Waals surface area contributed by atoms with Gasteiger partial charge in [-0.1, -0.05) is 11.6 Å². The second-order valence-electron chi connectivity index (χ2n) is 4.66. The summed E-state index contributed by atoms with van der Waals surface area (Å²) in [6, 6.07) is 3.12. The van der Waals surface area contributed by atoms with Crippen molar-refractivity contribution < 1.29 is 22.8 Å². The summed E-state index contributed by atoms with van der Waals surface area (Å²) < 4.78 is 38.1. The van der Waals surface area contributed by atoms with Crippen LogP contribution in [0.3, 0.4) is 0 Å². The highest BCUT2D eigenvalue weighted by molar-refractivity contribution is 6.31. The Morgan fingerprint density at radius 2 is 2.10 bits per heavy atom. The van der Waals surface area contributed by atoms with Crippen molar-refractivity contribution in [2.45, 2.75) is 19.0 Å². The largest absolute Gasteiger partial charge is 0.417 e. The number of benzene rings is 1. The molecule has 1 aliphatic rings. The summed E-state index contributed by atoms with van der Waals surface area (Å²) in [6.07, 6.45) is -3.51. The van der Waals surface area contributed by atoms with Gasteiger partial charge in [0.25, 0.3) is 0 Å². The molecule has 1 heterocycles. The smallest absolute Gasteiger partial charge is 0.333 e. The number of likely N-dealkylation sites (tertiary alicyclic amines) is 1. The first-order valence-corrected chi connectivity index (χ1v) is 6.59. The van der Waals surface area contributed by atoms with Gasteiger partial charge in [0.15, 0.2) is 0 Å². The van der Waals surface area contributed by atoms with E-state index in [1.54, 1.807) is 0 Å². The zero-order chi connectivity index (χ0) is 15.6. The molecule has 0 aromatic heterocycles. The van der Waals surface area contributed by atoms with Crippen LogP contribution in [0.25, 0.3) is 0 Å². The number of halogens is 4. The van der Waals surface area contributed by atoms with Gasteiger partial charge >= 0.3 is 6.18 Å². The zero-order valence-electron chi connectivity index (χ0n) is 10.8. The van der Waals surface area contributed by atoms with E-state index in [9.17, 15) is 22.8 Å². The van der Waals surface area contributed by atoms with Gasteiger partial charge in [0, 0.05) is 18.7 Å². The Morgan fingerprint density at radius 1 is 1.38 bits per heavy atom. The van der Waals surface area contributed by atoms with Gasteiger partial charge < -0.3 is 10.2 Å². The van der Waals surface area contributed by atoms with Crippen LogP contribution >= 0.6 is 11.6 Å². The fraction of sp³-hybridized carbons (Fsp3) is 0.385. The maximum absolute atomic E-state index is 12.7. The standard InChI is InChI=1S/C13H12ClF3N2O2/c14-10-4-3-8(6-9(10)13(15,16)17)18-11(20)7-19-5-1-2-12(19)21/h3-4,6H,1-2,5,7H2,(H,18,20). The molecular formula is C13H12ClF3N2O2.